The highest BCUT2D eigenvalue weighted by Gasteiger charge is 2.43. The third-order valence-corrected chi connectivity index (χ3v) is 4.57. The number of anilines is 1. The number of fused-ring (bicyclic) bond motifs is 2. The van der Waals surface area contributed by atoms with E-state index >= 15 is 0 Å². The van der Waals surface area contributed by atoms with Crippen molar-refractivity contribution >= 4 is 22.9 Å². The first-order valence-electron chi connectivity index (χ1n) is 5.71. The zero-order chi connectivity index (χ0) is 11.0. The number of amides is 1. The number of carbonyl (C=O) groups excluding carboxylic acids is 1. The molecule has 2 fully saturated rings. The molecule has 0 aliphatic carbocycles. The number of rotatable bonds is 3. The van der Waals surface area contributed by atoms with E-state index in [1.807, 2.05) is 0 Å². The molecular formula is C11H15N3OS. The lowest BCUT2D eigenvalue weighted by Gasteiger charge is -2.32. The van der Waals surface area contributed by atoms with Gasteiger partial charge in [-0.05, 0) is 32.4 Å². The van der Waals surface area contributed by atoms with Crippen LogP contribution in [0.4, 0.5) is 5.13 Å². The van der Waals surface area contributed by atoms with Crippen molar-refractivity contribution in [1.82, 2.24) is 9.88 Å². The van der Waals surface area contributed by atoms with E-state index in [1.165, 1.54) is 49.4 Å². The van der Waals surface area contributed by atoms with Crippen molar-refractivity contribution in [3.63, 3.8) is 0 Å². The second-order valence-corrected chi connectivity index (χ2v) is 5.57. The van der Waals surface area contributed by atoms with Crippen molar-refractivity contribution in [3.8, 4) is 0 Å². The predicted molar refractivity (Wildman–Crippen MR) is 63.8 cm³/mol. The van der Waals surface area contributed by atoms with Crippen molar-refractivity contribution in [1.29, 1.82) is 0 Å². The maximum atomic E-state index is 10.4. The number of hydrogen-bond acceptors (Lipinski definition) is 4. The molecule has 2 aliphatic heterocycles. The molecule has 0 spiro atoms. The molecule has 1 aromatic heterocycles. The van der Waals surface area contributed by atoms with E-state index in [0.29, 0.717) is 6.41 Å². The number of piperidine rings is 1. The Morgan fingerprint density at radius 3 is 3.31 bits per heavy atom. The van der Waals surface area contributed by atoms with Gasteiger partial charge in [0.15, 0.2) is 5.13 Å². The van der Waals surface area contributed by atoms with Crippen molar-refractivity contribution in [2.24, 2.45) is 0 Å². The van der Waals surface area contributed by atoms with Gasteiger partial charge in [0, 0.05) is 17.3 Å². The summed E-state index contributed by atoms with van der Waals surface area (Å²) in [7, 11) is 0. The largest absolute Gasteiger partial charge is 0.305 e. The Kier molecular flexibility index (Phi) is 2.44. The van der Waals surface area contributed by atoms with Crippen LogP contribution in [-0.2, 0) is 10.2 Å². The van der Waals surface area contributed by atoms with Crippen LogP contribution in [0.5, 0.6) is 0 Å². The van der Waals surface area contributed by atoms with Gasteiger partial charge in [-0.15, -0.1) is 11.3 Å². The van der Waals surface area contributed by atoms with Gasteiger partial charge in [0.05, 0.1) is 5.69 Å². The van der Waals surface area contributed by atoms with E-state index in [-0.39, 0.29) is 5.41 Å². The summed E-state index contributed by atoms with van der Waals surface area (Å²) in [6.45, 7) is 3.59. The van der Waals surface area contributed by atoms with E-state index in [9.17, 15) is 4.79 Å². The molecule has 2 aliphatic rings. The van der Waals surface area contributed by atoms with Crippen molar-refractivity contribution < 1.29 is 4.79 Å². The normalized spacial score (nSPS) is 32.6. The Morgan fingerprint density at radius 1 is 1.50 bits per heavy atom. The summed E-state index contributed by atoms with van der Waals surface area (Å²) in [4.78, 5) is 17.4. The van der Waals surface area contributed by atoms with Crippen LogP contribution in [0.25, 0.3) is 0 Å². The molecule has 2 unspecified atom stereocenters. The first-order valence-corrected chi connectivity index (χ1v) is 6.59. The van der Waals surface area contributed by atoms with Gasteiger partial charge in [0.1, 0.15) is 0 Å². The average molecular weight is 237 g/mol. The molecule has 2 atom stereocenters. The first kappa shape index (κ1) is 10.2. The standard InChI is InChI=1S/C11H15N3OS/c15-8-12-10-13-9(6-16-10)11-2-1-4-14(7-11)5-3-11/h6,8H,1-5,7H2,(H,12,13,15). The van der Waals surface area contributed by atoms with Crippen molar-refractivity contribution in [3.05, 3.63) is 11.1 Å². The quantitative estimate of drug-likeness (QED) is 0.809. The fourth-order valence-corrected chi connectivity index (χ4v) is 3.76. The van der Waals surface area contributed by atoms with Gasteiger partial charge in [-0.25, -0.2) is 4.98 Å². The third kappa shape index (κ3) is 1.55. The molecular weight excluding hydrogens is 222 g/mol. The molecule has 86 valence electrons. The van der Waals surface area contributed by atoms with Gasteiger partial charge in [0.25, 0.3) is 0 Å². The molecule has 1 N–H and O–H groups in total. The van der Waals surface area contributed by atoms with Crippen LogP contribution in [0, 0.1) is 0 Å². The van der Waals surface area contributed by atoms with E-state index in [1.54, 1.807) is 0 Å². The molecule has 2 saturated heterocycles. The van der Waals surface area contributed by atoms with Crippen molar-refractivity contribution in [2.75, 3.05) is 25.0 Å². The SMILES string of the molecule is O=CNc1nc(C23CCCN(CC2)C3)cs1. The van der Waals surface area contributed by atoms with Crippen LogP contribution in [0.15, 0.2) is 5.38 Å². The molecule has 3 heterocycles. The minimum atomic E-state index is 0.275. The minimum absolute atomic E-state index is 0.275. The van der Waals surface area contributed by atoms with Crippen LogP contribution < -0.4 is 5.32 Å². The summed E-state index contributed by atoms with van der Waals surface area (Å²) < 4.78 is 0. The van der Waals surface area contributed by atoms with Crippen LogP contribution in [-0.4, -0.2) is 35.9 Å². The monoisotopic (exact) mass is 237 g/mol. The molecule has 1 amide bonds. The number of nitrogens with zero attached hydrogens (tertiary/aromatic N) is 2. The zero-order valence-electron chi connectivity index (χ0n) is 9.11. The topological polar surface area (TPSA) is 45.2 Å². The summed E-state index contributed by atoms with van der Waals surface area (Å²) in [5.41, 5.74) is 1.46. The van der Waals surface area contributed by atoms with Crippen molar-refractivity contribution in [2.45, 2.75) is 24.7 Å². The van der Waals surface area contributed by atoms with E-state index in [0.717, 1.165) is 11.7 Å². The smallest absolute Gasteiger partial charge is 0.213 e. The summed E-state index contributed by atoms with van der Waals surface area (Å²) >= 11 is 1.53. The summed E-state index contributed by atoms with van der Waals surface area (Å²) in [5.74, 6) is 0. The Bertz CT molecular complexity index is 402. The molecule has 0 saturated carbocycles. The predicted octanol–water partition coefficient (Wildman–Crippen LogP) is 1.45. The molecule has 5 heteroatoms. The second-order valence-electron chi connectivity index (χ2n) is 4.71. The molecule has 0 radical (unpaired) electrons. The number of carbonyl (C=O) groups is 1. The Hall–Kier alpha value is -0.940. The highest BCUT2D eigenvalue weighted by molar-refractivity contribution is 7.13. The van der Waals surface area contributed by atoms with Gasteiger partial charge >= 0.3 is 0 Å². The lowest BCUT2D eigenvalue weighted by Crippen LogP contribution is -2.37. The van der Waals surface area contributed by atoms with E-state index in [2.05, 4.69) is 20.6 Å². The fraction of sp³-hybridized carbons (Fsp3) is 0.636. The van der Waals surface area contributed by atoms with Gasteiger partial charge < -0.3 is 10.2 Å². The third-order valence-electron chi connectivity index (χ3n) is 3.79. The fourth-order valence-electron chi connectivity index (χ4n) is 2.97. The molecule has 4 nitrogen and oxygen atoms in total. The number of aromatic nitrogens is 1. The maximum absolute atomic E-state index is 10.4. The Balaban J connectivity index is 1.87. The van der Waals surface area contributed by atoms with Crippen LogP contribution in [0.2, 0.25) is 0 Å². The zero-order valence-corrected chi connectivity index (χ0v) is 9.92. The van der Waals surface area contributed by atoms with Crippen LogP contribution in [0.1, 0.15) is 25.0 Å². The molecule has 0 aromatic carbocycles. The minimum Gasteiger partial charge on any atom is -0.305 e. The summed E-state index contributed by atoms with van der Waals surface area (Å²) in [5, 5.41) is 5.47. The van der Waals surface area contributed by atoms with E-state index < -0.39 is 0 Å². The van der Waals surface area contributed by atoms with Gasteiger partial charge in [-0.2, -0.15) is 0 Å². The Morgan fingerprint density at radius 2 is 2.44 bits per heavy atom. The van der Waals surface area contributed by atoms with E-state index in [4.69, 9.17) is 0 Å². The lowest BCUT2D eigenvalue weighted by molar-refractivity contribution is -0.105. The summed E-state index contributed by atoms with van der Waals surface area (Å²) in [6.07, 6.45) is 4.43. The van der Waals surface area contributed by atoms with Gasteiger partial charge in [-0.3, -0.25) is 4.79 Å². The highest BCUT2D eigenvalue weighted by Crippen LogP contribution is 2.42. The van der Waals surface area contributed by atoms with Gasteiger partial charge in [0.2, 0.25) is 6.41 Å². The second kappa shape index (κ2) is 3.82. The summed E-state index contributed by atoms with van der Waals surface area (Å²) in [6, 6.07) is 0. The molecule has 2 bridgehead atoms. The Labute approximate surface area is 98.7 Å². The maximum Gasteiger partial charge on any atom is 0.213 e. The molecule has 3 rings (SSSR count). The van der Waals surface area contributed by atoms with Crippen LogP contribution >= 0.6 is 11.3 Å². The number of thiazole rings is 1. The number of nitrogens with one attached hydrogen (secondary N) is 1. The molecule has 16 heavy (non-hydrogen) atoms. The van der Waals surface area contributed by atoms with Crippen LogP contribution in [0.3, 0.4) is 0 Å². The lowest BCUT2D eigenvalue weighted by atomic mass is 9.78. The first-order chi connectivity index (χ1) is 7.82. The van der Waals surface area contributed by atoms with Gasteiger partial charge in [-0.1, -0.05) is 0 Å². The average Bonchev–Trinajstić information content (AvgIpc) is 2.86. The number of hydrogen-bond donors (Lipinski definition) is 1. The molecule has 1 aromatic rings. The highest BCUT2D eigenvalue weighted by atomic mass is 32.1.